The number of furan rings is 1. The molecule has 0 fully saturated rings. The van der Waals surface area contributed by atoms with Crippen LogP contribution in [0, 0.1) is 0 Å². The van der Waals surface area contributed by atoms with Crippen LogP contribution in [0.25, 0.3) is 11.4 Å². The minimum Gasteiger partial charge on any atom is -0.467 e. The molecule has 0 aliphatic heterocycles. The highest BCUT2D eigenvalue weighted by atomic mass is 16.3. The van der Waals surface area contributed by atoms with Gasteiger partial charge >= 0.3 is 0 Å². The van der Waals surface area contributed by atoms with Gasteiger partial charge in [-0.15, -0.1) is 0 Å². The summed E-state index contributed by atoms with van der Waals surface area (Å²) in [7, 11) is 0. The predicted molar refractivity (Wildman–Crippen MR) is 101 cm³/mol. The fourth-order valence-corrected chi connectivity index (χ4v) is 2.36. The molecule has 0 spiro atoms. The van der Waals surface area contributed by atoms with Crippen LogP contribution in [0.4, 0.5) is 5.82 Å². The van der Waals surface area contributed by atoms with Gasteiger partial charge in [0.1, 0.15) is 17.3 Å². The van der Waals surface area contributed by atoms with Gasteiger partial charge in [-0.3, -0.25) is 4.79 Å². The zero-order valence-corrected chi connectivity index (χ0v) is 14.9. The normalized spacial score (nSPS) is 11.8. The minimum absolute atomic E-state index is 0.0807. The largest absolute Gasteiger partial charge is 0.467 e. The lowest BCUT2D eigenvalue weighted by atomic mass is 10.2. The van der Waals surface area contributed by atoms with Gasteiger partial charge in [-0.25, -0.2) is 9.97 Å². The Bertz CT molecular complexity index is 848. The molecular formula is C20H22N4O2. The smallest absolute Gasteiger partial charge is 0.270 e. The molecule has 0 radical (unpaired) electrons. The molecule has 6 nitrogen and oxygen atoms in total. The van der Waals surface area contributed by atoms with Crippen molar-refractivity contribution in [3.63, 3.8) is 0 Å². The molecule has 26 heavy (non-hydrogen) atoms. The van der Waals surface area contributed by atoms with Crippen molar-refractivity contribution in [2.75, 3.05) is 5.32 Å². The van der Waals surface area contributed by atoms with Gasteiger partial charge in [0.05, 0.1) is 12.8 Å². The highest BCUT2D eigenvalue weighted by molar-refractivity contribution is 5.93. The van der Waals surface area contributed by atoms with Crippen LogP contribution in [-0.4, -0.2) is 21.9 Å². The number of nitrogens with zero attached hydrogens (tertiary/aromatic N) is 2. The van der Waals surface area contributed by atoms with Gasteiger partial charge in [-0.2, -0.15) is 0 Å². The van der Waals surface area contributed by atoms with Gasteiger partial charge in [0.25, 0.3) is 5.91 Å². The topological polar surface area (TPSA) is 80.0 Å². The van der Waals surface area contributed by atoms with Gasteiger partial charge in [0.2, 0.25) is 0 Å². The first kappa shape index (κ1) is 17.7. The number of amides is 1. The van der Waals surface area contributed by atoms with E-state index in [0.29, 0.717) is 23.9 Å². The van der Waals surface area contributed by atoms with Crippen molar-refractivity contribution in [3.8, 4) is 11.4 Å². The van der Waals surface area contributed by atoms with Crippen molar-refractivity contribution in [2.24, 2.45) is 0 Å². The number of carbonyl (C=O) groups is 1. The van der Waals surface area contributed by atoms with Crippen molar-refractivity contribution in [1.82, 2.24) is 15.3 Å². The van der Waals surface area contributed by atoms with Gasteiger partial charge in [-0.05, 0) is 25.5 Å². The zero-order chi connectivity index (χ0) is 18.4. The molecule has 2 heterocycles. The minimum atomic E-state index is -0.208. The molecule has 1 amide bonds. The molecular weight excluding hydrogens is 328 g/mol. The number of hydrogen-bond acceptors (Lipinski definition) is 5. The van der Waals surface area contributed by atoms with Crippen LogP contribution in [0.15, 0.2) is 59.2 Å². The van der Waals surface area contributed by atoms with Crippen LogP contribution in [0.2, 0.25) is 0 Å². The monoisotopic (exact) mass is 350 g/mol. The molecule has 2 aromatic heterocycles. The van der Waals surface area contributed by atoms with E-state index in [4.69, 9.17) is 4.42 Å². The van der Waals surface area contributed by atoms with E-state index < -0.39 is 0 Å². The predicted octanol–water partition coefficient (Wildman–Crippen LogP) is 3.88. The Balaban J connectivity index is 1.89. The van der Waals surface area contributed by atoms with Crippen LogP contribution in [0.5, 0.6) is 0 Å². The quantitative estimate of drug-likeness (QED) is 0.676. The second kappa shape index (κ2) is 8.29. The lowest BCUT2D eigenvalue weighted by molar-refractivity contribution is 0.0934. The standard InChI is InChI=1S/C20H22N4O2/c1-3-14(2)22-20(25)17-12-18(21-13-16-10-7-11-26-16)24-19(23-17)15-8-5-4-6-9-15/h4-12,14H,3,13H2,1-2H3,(H,22,25)(H,21,23,24). The molecule has 1 aromatic carbocycles. The molecule has 0 aliphatic carbocycles. The Kier molecular flexibility index (Phi) is 5.63. The van der Waals surface area contributed by atoms with E-state index >= 15 is 0 Å². The van der Waals surface area contributed by atoms with E-state index in [9.17, 15) is 4.79 Å². The average Bonchev–Trinajstić information content (AvgIpc) is 3.20. The molecule has 1 atom stereocenters. The molecule has 3 rings (SSSR count). The van der Waals surface area contributed by atoms with Crippen LogP contribution in [0.1, 0.15) is 36.5 Å². The van der Waals surface area contributed by atoms with Crippen LogP contribution in [-0.2, 0) is 6.54 Å². The lowest BCUT2D eigenvalue weighted by Gasteiger charge is -2.13. The summed E-state index contributed by atoms with van der Waals surface area (Å²) in [6.07, 6.45) is 2.48. The van der Waals surface area contributed by atoms with Gasteiger partial charge < -0.3 is 15.1 Å². The molecule has 134 valence electrons. The van der Waals surface area contributed by atoms with Crippen molar-refractivity contribution < 1.29 is 9.21 Å². The second-order valence-electron chi connectivity index (χ2n) is 6.04. The fraction of sp³-hybridized carbons (Fsp3) is 0.250. The summed E-state index contributed by atoms with van der Waals surface area (Å²) >= 11 is 0. The number of hydrogen-bond donors (Lipinski definition) is 2. The number of anilines is 1. The van der Waals surface area contributed by atoms with E-state index in [-0.39, 0.29) is 11.9 Å². The summed E-state index contributed by atoms with van der Waals surface area (Å²) in [6, 6.07) is 15.1. The highest BCUT2D eigenvalue weighted by Crippen LogP contribution is 2.18. The molecule has 1 unspecified atom stereocenters. The van der Waals surface area contributed by atoms with Crippen molar-refractivity contribution in [1.29, 1.82) is 0 Å². The Morgan fingerprint density at radius 2 is 1.96 bits per heavy atom. The molecule has 6 heteroatoms. The lowest BCUT2D eigenvalue weighted by Crippen LogP contribution is -2.32. The van der Waals surface area contributed by atoms with E-state index in [1.165, 1.54) is 0 Å². The van der Waals surface area contributed by atoms with E-state index in [2.05, 4.69) is 20.6 Å². The van der Waals surface area contributed by atoms with Gasteiger partial charge in [-0.1, -0.05) is 37.3 Å². The summed E-state index contributed by atoms with van der Waals surface area (Å²) in [5, 5.41) is 6.14. The molecule has 0 aliphatic rings. The SMILES string of the molecule is CCC(C)NC(=O)c1cc(NCc2ccco2)nc(-c2ccccc2)n1. The van der Waals surface area contributed by atoms with Crippen LogP contribution in [0.3, 0.4) is 0 Å². The molecule has 2 N–H and O–H groups in total. The summed E-state index contributed by atoms with van der Waals surface area (Å²) in [5.74, 6) is 1.66. The maximum Gasteiger partial charge on any atom is 0.270 e. The van der Waals surface area contributed by atoms with Gasteiger partial charge in [0.15, 0.2) is 5.82 Å². The third-order valence-electron chi connectivity index (χ3n) is 4.00. The Hall–Kier alpha value is -3.15. The first-order valence-electron chi connectivity index (χ1n) is 8.67. The van der Waals surface area contributed by atoms with E-state index in [0.717, 1.165) is 17.7 Å². The first-order valence-corrected chi connectivity index (χ1v) is 8.67. The average molecular weight is 350 g/mol. The maximum atomic E-state index is 12.5. The van der Waals surface area contributed by atoms with Crippen molar-refractivity contribution in [3.05, 3.63) is 66.2 Å². The number of rotatable bonds is 7. The van der Waals surface area contributed by atoms with Crippen LogP contribution >= 0.6 is 0 Å². The number of nitrogens with one attached hydrogen (secondary N) is 2. The third-order valence-corrected chi connectivity index (χ3v) is 4.00. The molecule has 0 saturated heterocycles. The Morgan fingerprint density at radius 1 is 1.15 bits per heavy atom. The van der Waals surface area contributed by atoms with E-state index in [1.807, 2.05) is 56.3 Å². The highest BCUT2D eigenvalue weighted by Gasteiger charge is 2.14. The molecule has 3 aromatic rings. The first-order chi connectivity index (χ1) is 12.7. The molecule has 0 bridgehead atoms. The maximum absolute atomic E-state index is 12.5. The molecule has 0 saturated carbocycles. The zero-order valence-electron chi connectivity index (χ0n) is 14.9. The summed E-state index contributed by atoms with van der Waals surface area (Å²) in [5.41, 5.74) is 1.19. The van der Waals surface area contributed by atoms with E-state index in [1.54, 1.807) is 12.3 Å². The Morgan fingerprint density at radius 3 is 2.65 bits per heavy atom. The summed E-state index contributed by atoms with van der Waals surface area (Å²) < 4.78 is 5.33. The number of aromatic nitrogens is 2. The van der Waals surface area contributed by atoms with Crippen molar-refractivity contribution in [2.45, 2.75) is 32.9 Å². The summed E-state index contributed by atoms with van der Waals surface area (Å²) in [6.45, 7) is 4.47. The van der Waals surface area contributed by atoms with Gasteiger partial charge in [0, 0.05) is 17.7 Å². The number of benzene rings is 1. The summed E-state index contributed by atoms with van der Waals surface area (Å²) in [4.78, 5) is 21.5. The Labute approximate surface area is 152 Å². The number of carbonyl (C=O) groups excluding carboxylic acids is 1. The van der Waals surface area contributed by atoms with Crippen molar-refractivity contribution >= 4 is 11.7 Å². The van der Waals surface area contributed by atoms with Crippen LogP contribution < -0.4 is 10.6 Å². The fourth-order valence-electron chi connectivity index (χ4n) is 2.36. The third kappa shape index (κ3) is 4.47. The second-order valence-corrected chi connectivity index (χ2v) is 6.04.